The third-order valence-corrected chi connectivity index (χ3v) is 4.37. The second-order valence-electron chi connectivity index (χ2n) is 6.03. The average Bonchev–Trinajstić information content (AvgIpc) is 2.87. The van der Waals surface area contributed by atoms with Crippen LogP contribution in [0.3, 0.4) is 0 Å². The summed E-state index contributed by atoms with van der Waals surface area (Å²) in [6, 6.07) is 5.28. The first kappa shape index (κ1) is 15.3. The molecule has 1 aromatic carbocycles. The van der Waals surface area contributed by atoms with Gasteiger partial charge < -0.3 is 10.6 Å². The minimum atomic E-state index is -0.156. The van der Waals surface area contributed by atoms with Gasteiger partial charge in [-0.15, -0.1) is 0 Å². The third kappa shape index (κ3) is 3.72. The largest absolute Gasteiger partial charge is 0.371 e. The van der Waals surface area contributed by atoms with Crippen molar-refractivity contribution < 1.29 is 4.39 Å². The summed E-state index contributed by atoms with van der Waals surface area (Å²) in [5, 5.41) is 0. The molecule has 112 valence electrons. The molecule has 2 nitrogen and oxygen atoms in total. The topological polar surface area (TPSA) is 29.3 Å². The molecule has 0 saturated carbocycles. The molecule has 20 heavy (non-hydrogen) atoms. The molecule has 3 heteroatoms. The fourth-order valence-corrected chi connectivity index (χ4v) is 3.15. The van der Waals surface area contributed by atoms with Crippen LogP contribution in [0.25, 0.3) is 0 Å². The number of hydrogen-bond acceptors (Lipinski definition) is 2. The van der Waals surface area contributed by atoms with Crippen LogP contribution in [0, 0.1) is 11.7 Å². The third-order valence-electron chi connectivity index (χ3n) is 4.37. The van der Waals surface area contributed by atoms with E-state index in [1.54, 1.807) is 12.1 Å². The Kier molecular flexibility index (Phi) is 5.41. The van der Waals surface area contributed by atoms with Gasteiger partial charge in [0, 0.05) is 24.8 Å². The van der Waals surface area contributed by atoms with E-state index >= 15 is 0 Å². The molecule has 2 atom stereocenters. The van der Waals surface area contributed by atoms with Crippen molar-refractivity contribution >= 4 is 5.69 Å². The molecule has 1 saturated heterocycles. The lowest BCUT2D eigenvalue weighted by Crippen LogP contribution is -2.25. The highest BCUT2D eigenvalue weighted by Gasteiger charge is 2.24. The van der Waals surface area contributed by atoms with Gasteiger partial charge in [-0.25, -0.2) is 4.39 Å². The van der Waals surface area contributed by atoms with Crippen molar-refractivity contribution in [3.63, 3.8) is 0 Å². The molecule has 1 aromatic rings. The number of rotatable bonds is 6. The highest BCUT2D eigenvalue weighted by molar-refractivity contribution is 5.55. The second-order valence-corrected chi connectivity index (χ2v) is 6.03. The van der Waals surface area contributed by atoms with Crippen molar-refractivity contribution in [2.45, 2.75) is 52.0 Å². The van der Waals surface area contributed by atoms with E-state index in [0.717, 1.165) is 37.4 Å². The van der Waals surface area contributed by atoms with Gasteiger partial charge in [0.05, 0.1) is 0 Å². The molecule has 0 amide bonds. The Morgan fingerprint density at radius 1 is 1.40 bits per heavy atom. The summed E-state index contributed by atoms with van der Waals surface area (Å²) in [6.07, 6.45) is 5.48. The van der Waals surface area contributed by atoms with Crippen LogP contribution in [0.4, 0.5) is 10.1 Å². The highest BCUT2D eigenvalue weighted by Crippen LogP contribution is 2.30. The zero-order valence-electron chi connectivity index (χ0n) is 12.7. The maximum atomic E-state index is 13.5. The molecule has 0 radical (unpaired) electrons. The lowest BCUT2D eigenvalue weighted by Gasteiger charge is -2.23. The summed E-state index contributed by atoms with van der Waals surface area (Å²) in [6.45, 7) is 6.52. The first-order valence-electron chi connectivity index (χ1n) is 7.93. The molecule has 0 aliphatic carbocycles. The van der Waals surface area contributed by atoms with Crippen LogP contribution in [0.1, 0.15) is 45.1 Å². The van der Waals surface area contributed by atoms with Crippen molar-refractivity contribution in [3.8, 4) is 0 Å². The van der Waals surface area contributed by atoms with Gasteiger partial charge in [0.2, 0.25) is 0 Å². The quantitative estimate of drug-likeness (QED) is 0.859. The van der Waals surface area contributed by atoms with E-state index in [1.165, 1.54) is 24.9 Å². The molecule has 1 heterocycles. The van der Waals surface area contributed by atoms with Crippen LogP contribution in [-0.4, -0.2) is 19.1 Å². The lowest BCUT2D eigenvalue weighted by molar-refractivity contribution is 0.529. The fraction of sp³-hybridized carbons (Fsp3) is 0.647. The van der Waals surface area contributed by atoms with Gasteiger partial charge in [-0.3, -0.25) is 0 Å². The summed E-state index contributed by atoms with van der Waals surface area (Å²) >= 11 is 0. The Hall–Kier alpha value is -1.09. The lowest BCUT2D eigenvalue weighted by atomic mass is 10.0. The SMILES string of the molecule is CCCC1CCN(c2ccc(F)cc2CC(N)CC)C1. The van der Waals surface area contributed by atoms with Crippen molar-refractivity contribution in [2.75, 3.05) is 18.0 Å². The summed E-state index contributed by atoms with van der Waals surface area (Å²) in [5.41, 5.74) is 8.31. The Labute approximate surface area is 122 Å². The van der Waals surface area contributed by atoms with Crippen LogP contribution in [0.15, 0.2) is 18.2 Å². The van der Waals surface area contributed by atoms with Crippen LogP contribution in [0.2, 0.25) is 0 Å². The van der Waals surface area contributed by atoms with Gasteiger partial charge in [0.15, 0.2) is 0 Å². The Balaban J connectivity index is 2.14. The summed E-state index contributed by atoms with van der Waals surface area (Å²) in [5.74, 6) is 0.633. The number of nitrogens with two attached hydrogens (primary N) is 1. The van der Waals surface area contributed by atoms with E-state index in [-0.39, 0.29) is 11.9 Å². The van der Waals surface area contributed by atoms with Gasteiger partial charge in [-0.2, -0.15) is 0 Å². The number of nitrogens with zero attached hydrogens (tertiary/aromatic N) is 1. The number of benzene rings is 1. The van der Waals surface area contributed by atoms with Crippen LogP contribution in [-0.2, 0) is 6.42 Å². The first-order valence-corrected chi connectivity index (χ1v) is 7.93. The molecule has 0 aromatic heterocycles. The monoisotopic (exact) mass is 278 g/mol. The van der Waals surface area contributed by atoms with Crippen molar-refractivity contribution in [1.82, 2.24) is 0 Å². The second kappa shape index (κ2) is 7.07. The Bertz CT molecular complexity index is 433. The maximum Gasteiger partial charge on any atom is 0.123 e. The van der Waals surface area contributed by atoms with Crippen molar-refractivity contribution in [2.24, 2.45) is 11.7 Å². The van der Waals surface area contributed by atoms with Gasteiger partial charge in [0.1, 0.15) is 5.82 Å². The van der Waals surface area contributed by atoms with E-state index in [1.807, 2.05) is 6.07 Å². The van der Waals surface area contributed by atoms with Gasteiger partial charge in [-0.05, 0) is 55.4 Å². The normalized spacial score (nSPS) is 20.4. The number of hydrogen-bond donors (Lipinski definition) is 1. The molecule has 2 rings (SSSR count). The molecule has 2 N–H and O–H groups in total. The van der Waals surface area contributed by atoms with E-state index < -0.39 is 0 Å². The summed E-state index contributed by atoms with van der Waals surface area (Å²) in [4.78, 5) is 2.41. The molecule has 0 spiro atoms. The molecular weight excluding hydrogens is 251 g/mol. The zero-order valence-corrected chi connectivity index (χ0v) is 12.7. The molecule has 2 unspecified atom stereocenters. The maximum absolute atomic E-state index is 13.5. The van der Waals surface area contributed by atoms with E-state index in [2.05, 4.69) is 18.7 Å². The minimum absolute atomic E-state index is 0.115. The first-order chi connectivity index (χ1) is 9.63. The van der Waals surface area contributed by atoms with Crippen molar-refractivity contribution in [3.05, 3.63) is 29.6 Å². The smallest absolute Gasteiger partial charge is 0.123 e. The fourth-order valence-electron chi connectivity index (χ4n) is 3.15. The van der Waals surface area contributed by atoms with E-state index in [4.69, 9.17) is 5.73 Å². The van der Waals surface area contributed by atoms with Gasteiger partial charge in [-0.1, -0.05) is 20.3 Å². The zero-order chi connectivity index (χ0) is 14.5. The molecule has 0 bridgehead atoms. The highest BCUT2D eigenvalue weighted by atomic mass is 19.1. The van der Waals surface area contributed by atoms with Gasteiger partial charge in [0.25, 0.3) is 0 Å². The molecule has 1 aliphatic rings. The molecule has 1 aliphatic heterocycles. The Morgan fingerprint density at radius 3 is 2.90 bits per heavy atom. The number of halogens is 1. The average molecular weight is 278 g/mol. The molecular formula is C17H27FN2. The Morgan fingerprint density at radius 2 is 2.20 bits per heavy atom. The standard InChI is InChI=1S/C17H27FN2/c1-3-5-13-8-9-20(12-13)17-7-6-15(18)10-14(17)11-16(19)4-2/h6-7,10,13,16H,3-5,8-9,11-12,19H2,1-2H3. The summed E-state index contributed by atoms with van der Waals surface area (Å²) < 4.78 is 13.5. The van der Waals surface area contributed by atoms with Crippen LogP contribution < -0.4 is 10.6 Å². The predicted molar refractivity (Wildman–Crippen MR) is 83.6 cm³/mol. The van der Waals surface area contributed by atoms with Crippen LogP contribution >= 0.6 is 0 Å². The minimum Gasteiger partial charge on any atom is -0.371 e. The summed E-state index contributed by atoms with van der Waals surface area (Å²) in [7, 11) is 0. The molecule has 1 fully saturated rings. The van der Waals surface area contributed by atoms with Gasteiger partial charge >= 0.3 is 0 Å². The number of anilines is 1. The predicted octanol–water partition coefficient (Wildman–Crippen LogP) is 3.73. The van der Waals surface area contributed by atoms with Crippen molar-refractivity contribution in [1.29, 1.82) is 0 Å². The van der Waals surface area contributed by atoms with Crippen LogP contribution in [0.5, 0.6) is 0 Å². The van der Waals surface area contributed by atoms with E-state index in [9.17, 15) is 4.39 Å². The van der Waals surface area contributed by atoms with E-state index in [0.29, 0.717) is 0 Å².